The van der Waals surface area contributed by atoms with Crippen molar-refractivity contribution in [1.29, 1.82) is 5.26 Å². The van der Waals surface area contributed by atoms with Gasteiger partial charge in [0, 0.05) is 16.8 Å². The SMILES string of the molecule is COc1cc(C=Nc2oc(-c3ccco3)c(-c3ccco3)c2C#N)ccc1OCc1ccccc1Cl. The third kappa shape index (κ3) is 4.63. The molecule has 0 radical (unpaired) electrons. The summed E-state index contributed by atoms with van der Waals surface area (Å²) in [6.07, 6.45) is 4.64. The van der Waals surface area contributed by atoms with Gasteiger partial charge in [0.1, 0.15) is 24.0 Å². The van der Waals surface area contributed by atoms with Crippen LogP contribution >= 0.6 is 11.6 Å². The lowest BCUT2D eigenvalue weighted by Crippen LogP contribution is -1.99. The summed E-state index contributed by atoms with van der Waals surface area (Å²) in [6.45, 7) is 0.298. The molecule has 3 heterocycles. The minimum Gasteiger partial charge on any atom is -0.493 e. The fraction of sp³-hybridized carbons (Fsp3) is 0.0714. The van der Waals surface area contributed by atoms with Gasteiger partial charge < -0.3 is 22.7 Å². The molecular formula is C28H19ClN2O5. The highest BCUT2D eigenvalue weighted by Crippen LogP contribution is 2.43. The van der Waals surface area contributed by atoms with E-state index < -0.39 is 0 Å². The zero-order valence-electron chi connectivity index (χ0n) is 19.1. The molecule has 8 heteroatoms. The molecule has 0 saturated carbocycles. The van der Waals surface area contributed by atoms with Gasteiger partial charge in [0.15, 0.2) is 23.0 Å². The maximum Gasteiger partial charge on any atom is 0.238 e. The highest BCUT2D eigenvalue weighted by molar-refractivity contribution is 6.31. The van der Waals surface area contributed by atoms with Gasteiger partial charge in [-0.25, -0.2) is 4.99 Å². The van der Waals surface area contributed by atoms with Crippen molar-refractivity contribution in [1.82, 2.24) is 0 Å². The van der Waals surface area contributed by atoms with Crippen molar-refractivity contribution >= 4 is 23.7 Å². The Labute approximate surface area is 211 Å². The largest absolute Gasteiger partial charge is 0.493 e. The van der Waals surface area contributed by atoms with Crippen molar-refractivity contribution in [2.24, 2.45) is 4.99 Å². The van der Waals surface area contributed by atoms with Crippen molar-refractivity contribution < 1.29 is 22.7 Å². The molecule has 5 rings (SSSR count). The topological polar surface area (TPSA) is 94.0 Å². The van der Waals surface area contributed by atoms with E-state index >= 15 is 0 Å². The Kier molecular flexibility index (Phi) is 6.61. The summed E-state index contributed by atoms with van der Waals surface area (Å²) in [7, 11) is 1.56. The van der Waals surface area contributed by atoms with Gasteiger partial charge in [-0.2, -0.15) is 5.26 Å². The normalized spacial score (nSPS) is 11.0. The summed E-state index contributed by atoms with van der Waals surface area (Å²) in [6, 6.07) is 22.0. The first-order valence-corrected chi connectivity index (χ1v) is 11.3. The van der Waals surface area contributed by atoms with Crippen LogP contribution in [0.25, 0.3) is 22.8 Å². The molecular weight excluding hydrogens is 480 g/mol. The molecule has 0 unspecified atom stereocenters. The number of nitrogens with zero attached hydrogens (tertiary/aromatic N) is 2. The van der Waals surface area contributed by atoms with Gasteiger partial charge in [-0.3, -0.25) is 0 Å². The molecule has 0 saturated heterocycles. The van der Waals surface area contributed by atoms with E-state index in [-0.39, 0.29) is 11.4 Å². The van der Waals surface area contributed by atoms with E-state index in [9.17, 15) is 5.26 Å². The number of benzene rings is 2. The molecule has 0 aliphatic carbocycles. The van der Waals surface area contributed by atoms with Gasteiger partial charge in [0.2, 0.25) is 5.88 Å². The first-order valence-electron chi connectivity index (χ1n) is 10.9. The maximum atomic E-state index is 9.90. The van der Waals surface area contributed by atoms with Gasteiger partial charge in [-0.1, -0.05) is 29.8 Å². The van der Waals surface area contributed by atoms with Gasteiger partial charge in [-0.05, 0) is 54.1 Å². The van der Waals surface area contributed by atoms with E-state index in [2.05, 4.69) is 11.1 Å². The molecule has 0 fully saturated rings. The number of aliphatic imine (C=N–C) groups is 1. The molecule has 7 nitrogen and oxygen atoms in total. The molecule has 0 amide bonds. The van der Waals surface area contributed by atoms with Gasteiger partial charge in [0.25, 0.3) is 0 Å². The second-order valence-electron chi connectivity index (χ2n) is 7.60. The molecule has 0 aliphatic rings. The molecule has 0 aliphatic heterocycles. The van der Waals surface area contributed by atoms with E-state index in [0.29, 0.717) is 46.0 Å². The second kappa shape index (κ2) is 10.3. The number of halogens is 1. The first kappa shape index (κ1) is 23.1. The standard InChI is InChI=1S/C28H19ClN2O5/c1-32-25-14-18(10-11-22(25)35-17-19-6-2-3-7-21(19)29)16-31-28-20(15-30)26(23-8-4-12-33-23)27(36-28)24-9-5-13-34-24/h2-14,16H,17H2,1H3. The molecule has 3 aromatic heterocycles. The molecule has 178 valence electrons. The highest BCUT2D eigenvalue weighted by atomic mass is 35.5. The Hall–Kier alpha value is -4.67. The minimum atomic E-state index is 0.133. The van der Waals surface area contributed by atoms with Crippen molar-refractivity contribution in [2.75, 3.05) is 7.11 Å². The predicted molar refractivity (Wildman–Crippen MR) is 135 cm³/mol. The summed E-state index contributed by atoms with van der Waals surface area (Å²) < 4.78 is 28.4. The van der Waals surface area contributed by atoms with E-state index in [4.69, 9.17) is 34.3 Å². The fourth-order valence-corrected chi connectivity index (χ4v) is 3.83. The van der Waals surface area contributed by atoms with Gasteiger partial charge in [0.05, 0.1) is 25.2 Å². The summed E-state index contributed by atoms with van der Waals surface area (Å²) in [5.41, 5.74) is 2.30. The van der Waals surface area contributed by atoms with E-state index in [0.717, 1.165) is 11.1 Å². The highest BCUT2D eigenvalue weighted by Gasteiger charge is 2.26. The van der Waals surface area contributed by atoms with Crippen molar-refractivity contribution in [3.8, 4) is 40.4 Å². The van der Waals surface area contributed by atoms with Crippen LogP contribution in [0, 0.1) is 11.3 Å². The molecule has 2 aromatic carbocycles. The summed E-state index contributed by atoms with van der Waals surface area (Å²) in [5.74, 6) is 2.52. The van der Waals surface area contributed by atoms with Gasteiger partial charge in [-0.15, -0.1) is 0 Å². The predicted octanol–water partition coefficient (Wildman–Crippen LogP) is 7.66. The van der Waals surface area contributed by atoms with Crippen molar-refractivity contribution in [3.63, 3.8) is 0 Å². The number of ether oxygens (including phenoxy) is 2. The molecule has 0 bridgehead atoms. The third-order valence-electron chi connectivity index (χ3n) is 5.37. The van der Waals surface area contributed by atoms with Crippen LogP contribution in [0.5, 0.6) is 11.5 Å². The maximum absolute atomic E-state index is 9.90. The van der Waals surface area contributed by atoms with Crippen LogP contribution in [-0.4, -0.2) is 13.3 Å². The summed E-state index contributed by atoms with van der Waals surface area (Å²) >= 11 is 6.22. The Morgan fingerprint density at radius 1 is 0.972 bits per heavy atom. The van der Waals surface area contributed by atoms with E-state index in [1.54, 1.807) is 49.7 Å². The van der Waals surface area contributed by atoms with Crippen LogP contribution in [0.3, 0.4) is 0 Å². The Balaban J connectivity index is 1.44. The van der Waals surface area contributed by atoms with Crippen molar-refractivity contribution in [2.45, 2.75) is 6.61 Å². The van der Waals surface area contributed by atoms with Crippen LogP contribution in [0.1, 0.15) is 16.7 Å². The smallest absolute Gasteiger partial charge is 0.238 e. The Morgan fingerprint density at radius 3 is 2.44 bits per heavy atom. The number of hydrogen-bond donors (Lipinski definition) is 0. The number of furan rings is 3. The third-order valence-corrected chi connectivity index (χ3v) is 5.74. The zero-order valence-corrected chi connectivity index (χ0v) is 19.9. The average Bonchev–Trinajstić information content (AvgIpc) is 3.67. The van der Waals surface area contributed by atoms with Crippen LogP contribution in [0.15, 0.2) is 97.5 Å². The molecule has 0 N–H and O–H groups in total. The van der Waals surface area contributed by atoms with Crippen molar-refractivity contribution in [3.05, 3.63) is 101 Å². The molecule has 0 spiro atoms. The minimum absolute atomic E-state index is 0.133. The van der Waals surface area contributed by atoms with Crippen LogP contribution in [-0.2, 0) is 6.61 Å². The average molecular weight is 499 g/mol. The first-order chi connectivity index (χ1) is 17.7. The number of methoxy groups -OCH3 is 1. The summed E-state index contributed by atoms with van der Waals surface area (Å²) in [4.78, 5) is 4.45. The quantitative estimate of drug-likeness (QED) is 0.204. The number of nitriles is 1. The van der Waals surface area contributed by atoms with Crippen LogP contribution in [0.4, 0.5) is 5.88 Å². The number of hydrogen-bond acceptors (Lipinski definition) is 7. The van der Waals surface area contributed by atoms with E-state index in [1.165, 1.54) is 12.5 Å². The molecule has 36 heavy (non-hydrogen) atoms. The van der Waals surface area contributed by atoms with Crippen LogP contribution < -0.4 is 9.47 Å². The lowest BCUT2D eigenvalue weighted by Gasteiger charge is -2.12. The van der Waals surface area contributed by atoms with Crippen LogP contribution in [0.2, 0.25) is 5.02 Å². The monoisotopic (exact) mass is 498 g/mol. The second-order valence-corrected chi connectivity index (χ2v) is 8.01. The Bertz CT molecular complexity index is 1540. The van der Waals surface area contributed by atoms with Gasteiger partial charge >= 0.3 is 0 Å². The number of rotatable bonds is 8. The summed E-state index contributed by atoms with van der Waals surface area (Å²) in [5, 5.41) is 10.5. The molecule has 5 aromatic rings. The zero-order chi connectivity index (χ0) is 24.9. The fourth-order valence-electron chi connectivity index (χ4n) is 3.64. The lowest BCUT2D eigenvalue weighted by molar-refractivity contribution is 0.284. The Morgan fingerprint density at radius 2 is 1.75 bits per heavy atom. The molecule has 0 atom stereocenters. The lowest BCUT2D eigenvalue weighted by atomic mass is 10.1. The van der Waals surface area contributed by atoms with E-state index in [1.807, 2.05) is 30.3 Å².